The van der Waals surface area contributed by atoms with Gasteiger partial charge in [0.2, 0.25) is 5.91 Å². The molecule has 1 aromatic rings. The van der Waals surface area contributed by atoms with Crippen molar-refractivity contribution in [1.29, 1.82) is 0 Å². The van der Waals surface area contributed by atoms with Gasteiger partial charge in [0.15, 0.2) is 0 Å². The van der Waals surface area contributed by atoms with E-state index >= 15 is 0 Å². The number of nitrogens with one attached hydrogen (secondary N) is 1. The van der Waals surface area contributed by atoms with E-state index in [4.69, 9.17) is 10.5 Å². The Bertz CT molecular complexity index is 501. The van der Waals surface area contributed by atoms with Gasteiger partial charge in [-0.25, -0.2) is 0 Å². The van der Waals surface area contributed by atoms with E-state index in [1.165, 1.54) is 0 Å². The van der Waals surface area contributed by atoms with E-state index in [2.05, 4.69) is 5.32 Å². The lowest BCUT2D eigenvalue weighted by Gasteiger charge is -2.34. The molecule has 0 aliphatic heterocycles. The lowest BCUT2D eigenvalue weighted by Crippen LogP contribution is -2.40. The zero-order chi connectivity index (χ0) is 15.4. The minimum atomic E-state index is -0.156. The van der Waals surface area contributed by atoms with Gasteiger partial charge >= 0.3 is 0 Å². The first-order valence-electron chi connectivity index (χ1n) is 7.08. The smallest absolute Gasteiger partial charge is 0.238 e. The standard InChI is InChI=1S/C15H23N3O3/c1-18(8-10-5-11(19)6-10)9-15(20)17-14-4-3-12(21-2)7-13(14)16/h3-4,7,10-11,19H,5-6,8-9,16H2,1-2H3,(H,17,20). The van der Waals surface area contributed by atoms with Crippen molar-refractivity contribution in [2.24, 2.45) is 5.92 Å². The second kappa shape index (κ2) is 6.78. The first-order valence-corrected chi connectivity index (χ1v) is 7.08. The van der Waals surface area contributed by atoms with Crippen LogP contribution in [0.3, 0.4) is 0 Å². The topological polar surface area (TPSA) is 87.8 Å². The summed E-state index contributed by atoms with van der Waals surface area (Å²) in [7, 11) is 3.47. The molecule has 0 aromatic heterocycles. The Kier molecular flexibility index (Phi) is 5.03. The van der Waals surface area contributed by atoms with Gasteiger partial charge in [0.1, 0.15) is 5.75 Å². The van der Waals surface area contributed by atoms with Gasteiger partial charge in [-0.15, -0.1) is 0 Å². The fraction of sp³-hybridized carbons (Fsp3) is 0.533. The summed E-state index contributed by atoms with van der Waals surface area (Å²) < 4.78 is 5.07. The van der Waals surface area contributed by atoms with E-state index in [0.717, 1.165) is 19.4 Å². The minimum Gasteiger partial charge on any atom is -0.497 e. The van der Waals surface area contributed by atoms with Crippen molar-refractivity contribution in [3.8, 4) is 5.75 Å². The maximum atomic E-state index is 12.0. The molecule has 0 spiro atoms. The molecule has 0 bridgehead atoms. The molecule has 1 amide bonds. The quantitative estimate of drug-likeness (QED) is 0.679. The van der Waals surface area contributed by atoms with E-state index in [1.54, 1.807) is 25.3 Å². The van der Waals surface area contributed by atoms with Crippen LogP contribution >= 0.6 is 0 Å². The van der Waals surface area contributed by atoms with Crippen LogP contribution in [-0.2, 0) is 4.79 Å². The number of anilines is 2. The summed E-state index contributed by atoms with van der Waals surface area (Å²) in [4.78, 5) is 14.0. The second-order valence-corrected chi connectivity index (χ2v) is 5.69. The zero-order valence-electron chi connectivity index (χ0n) is 12.5. The Hall–Kier alpha value is -1.79. The van der Waals surface area contributed by atoms with Gasteiger partial charge in [-0.1, -0.05) is 0 Å². The predicted octanol–water partition coefficient (Wildman–Crippen LogP) is 0.919. The second-order valence-electron chi connectivity index (χ2n) is 5.69. The van der Waals surface area contributed by atoms with Crippen molar-refractivity contribution in [3.05, 3.63) is 18.2 Å². The molecule has 116 valence electrons. The van der Waals surface area contributed by atoms with E-state index in [-0.39, 0.29) is 12.0 Å². The maximum Gasteiger partial charge on any atom is 0.238 e. The number of hydrogen-bond acceptors (Lipinski definition) is 5. The van der Waals surface area contributed by atoms with Gasteiger partial charge in [-0.2, -0.15) is 0 Å². The predicted molar refractivity (Wildman–Crippen MR) is 82.3 cm³/mol. The van der Waals surface area contributed by atoms with E-state index in [9.17, 15) is 9.90 Å². The number of nitrogen functional groups attached to an aromatic ring is 1. The molecule has 6 heteroatoms. The molecule has 0 atom stereocenters. The van der Waals surface area contributed by atoms with Crippen molar-refractivity contribution < 1.29 is 14.6 Å². The number of carbonyl (C=O) groups is 1. The molecule has 1 fully saturated rings. The number of carbonyl (C=O) groups excluding carboxylic acids is 1. The average Bonchev–Trinajstić information content (AvgIpc) is 2.39. The van der Waals surface area contributed by atoms with Crippen molar-refractivity contribution in [2.75, 3.05) is 38.3 Å². The number of nitrogens with zero attached hydrogens (tertiary/aromatic N) is 1. The van der Waals surface area contributed by atoms with Gasteiger partial charge < -0.3 is 20.9 Å². The molecule has 0 saturated heterocycles. The number of likely N-dealkylation sites (N-methyl/N-ethyl adjacent to an activating group) is 1. The van der Waals surface area contributed by atoms with E-state index < -0.39 is 0 Å². The van der Waals surface area contributed by atoms with Crippen LogP contribution in [0.4, 0.5) is 11.4 Å². The summed E-state index contributed by atoms with van der Waals surface area (Å²) in [6, 6.07) is 5.16. The highest BCUT2D eigenvalue weighted by atomic mass is 16.5. The molecule has 0 heterocycles. The van der Waals surface area contributed by atoms with Crippen LogP contribution in [0.1, 0.15) is 12.8 Å². The van der Waals surface area contributed by atoms with E-state index in [1.807, 2.05) is 11.9 Å². The van der Waals surface area contributed by atoms with Crippen molar-refractivity contribution >= 4 is 17.3 Å². The number of nitrogens with two attached hydrogens (primary N) is 1. The van der Waals surface area contributed by atoms with Gasteiger partial charge in [0, 0.05) is 12.6 Å². The molecule has 2 rings (SSSR count). The highest BCUT2D eigenvalue weighted by Gasteiger charge is 2.28. The molecular weight excluding hydrogens is 270 g/mol. The molecule has 0 unspecified atom stereocenters. The number of benzene rings is 1. The van der Waals surface area contributed by atoms with Gasteiger partial charge in [0.05, 0.1) is 31.1 Å². The number of aliphatic hydroxyl groups excluding tert-OH is 1. The van der Waals surface area contributed by atoms with Gasteiger partial charge in [-0.3, -0.25) is 9.69 Å². The third-order valence-corrected chi connectivity index (χ3v) is 3.73. The first kappa shape index (κ1) is 15.6. The highest BCUT2D eigenvalue weighted by molar-refractivity contribution is 5.95. The number of amides is 1. The summed E-state index contributed by atoms with van der Waals surface area (Å²) in [6.07, 6.45) is 1.51. The number of ether oxygens (including phenoxy) is 1. The molecular formula is C15H23N3O3. The van der Waals surface area contributed by atoms with Crippen LogP contribution in [0, 0.1) is 5.92 Å². The Morgan fingerprint density at radius 2 is 2.24 bits per heavy atom. The molecule has 6 nitrogen and oxygen atoms in total. The molecule has 1 saturated carbocycles. The molecule has 0 radical (unpaired) electrons. The molecule has 1 aliphatic carbocycles. The molecule has 1 aromatic carbocycles. The Morgan fingerprint density at radius 1 is 1.52 bits per heavy atom. The van der Waals surface area contributed by atoms with Crippen LogP contribution in [0.2, 0.25) is 0 Å². The lowest BCUT2D eigenvalue weighted by atomic mass is 9.82. The lowest BCUT2D eigenvalue weighted by molar-refractivity contribution is -0.117. The largest absolute Gasteiger partial charge is 0.497 e. The zero-order valence-corrected chi connectivity index (χ0v) is 12.5. The number of hydrogen-bond donors (Lipinski definition) is 3. The van der Waals surface area contributed by atoms with Crippen LogP contribution in [-0.4, -0.2) is 49.3 Å². The summed E-state index contributed by atoms with van der Waals surface area (Å²) in [5.41, 5.74) is 6.94. The van der Waals surface area contributed by atoms with Gasteiger partial charge in [-0.05, 0) is 37.9 Å². The minimum absolute atomic E-state index is 0.103. The van der Waals surface area contributed by atoms with Crippen LogP contribution in [0.5, 0.6) is 5.75 Å². The number of aliphatic hydroxyl groups is 1. The summed E-state index contributed by atoms with van der Waals surface area (Å²) in [5, 5.41) is 12.1. The van der Waals surface area contributed by atoms with Crippen molar-refractivity contribution in [1.82, 2.24) is 4.90 Å². The van der Waals surface area contributed by atoms with E-state index in [0.29, 0.717) is 29.6 Å². The summed E-state index contributed by atoms with van der Waals surface area (Å²) in [5.74, 6) is 1.05. The molecule has 4 N–H and O–H groups in total. The van der Waals surface area contributed by atoms with Crippen LogP contribution in [0.15, 0.2) is 18.2 Å². The van der Waals surface area contributed by atoms with Crippen LogP contribution < -0.4 is 15.8 Å². The normalized spacial score (nSPS) is 21.0. The number of methoxy groups -OCH3 is 1. The fourth-order valence-corrected chi connectivity index (χ4v) is 2.57. The Morgan fingerprint density at radius 3 is 2.81 bits per heavy atom. The Labute approximate surface area is 124 Å². The van der Waals surface area contributed by atoms with Crippen molar-refractivity contribution in [3.63, 3.8) is 0 Å². The average molecular weight is 293 g/mol. The third kappa shape index (κ3) is 4.34. The third-order valence-electron chi connectivity index (χ3n) is 3.73. The SMILES string of the molecule is COc1ccc(NC(=O)CN(C)CC2CC(O)C2)c(N)c1. The fourth-order valence-electron chi connectivity index (χ4n) is 2.57. The number of rotatable bonds is 6. The highest BCUT2D eigenvalue weighted by Crippen LogP contribution is 2.27. The van der Waals surface area contributed by atoms with Gasteiger partial charge in [0.25, 0.3) is 0 Å². The first-order chi connectivity index (χ1) is 9.97. The monoisotopic (exact) mass is 293 g/mol. The van der Waals surface area contributed by atoms with Crippen molar-refractivity contribution in [2.45, 2.75) is 18.9 Å². The maximum absolute atomic E-state index is 12.0. The molecule has 1 aliphatic rings. The summed E-state index contributed by atoms with van der Waals surface area (Å²) >= 11 is 0. The Balaban J connectivity index is 1.81. The summed E-state index contributed by atoms with van der Waals surface area (Å²) in [6.45, 7) is 1.13. The van der Waals surface area contributed by atoms with Crippen LogP contribution in [0.25, 0.3) is 0 Å². The molecule has 21 heavy (non-hydrogen) atoms.